The van der Waals surface area contributed by atoms with Gasteiger partial charge < -0.3 is 38.7 Å². The summed E-state index contributed by atoms with van der Waals surface area (Å²) < 4.78 is 3.00. The minimum absolute atomic E-state index is 0. The summed E-state index contributed by atoms with van der Waals surface area (Å²) >= 11 is 0. The van der Waals surface area contributed by atoms with Gasteiger partial charge in [-0.3, -0.25) is 0 Å². The number of rotatable bonds is 0. The SMILES string of the molecule is C[N+](C)(C)C.C[N+](C)(C)C.C[N+](C)(C)C.[B-].[B-].[B-]. The Morgan fingerprint density at radius 2 is 0.278 bits per heavy atom. The van der Waals surface area contributed by atoms with Crippen LogP contribution in [0.2, 0.25) is 0 Å². The van der Waals surface area contributed by atoms with Crippen LogP contribution in [0.1, 0.15) is 0 Å². The highest BCUT2D eigenvalue weighted by Crippen LogP contribution is 1.74. The average molecular weight is 255 g/mol. The van der Waals surface area contributed by atoms with Crippen molar-refractivity contribution in [3.63, 3.8) is 0 Å². The average Bonchev–Trinajstić information content (AvgIpc) is 1.41. The van der Waals surface area contributed by atoms with Crippen LogP contribution < -0.4 is 0 Å². The molecular formula is C12H36B3N3. The van der Waals surface area contributed by atoms with Crippen molar-refractivity contribution < 1.29 is 13.4 Å². The van der Waals surface area contributed by atoms with E-state index in [9.17, 15) is 0 Å². The van der Waals surface area contributed by atoms with Gasteiger partial charge in [-0.1, -0.05) is 0 Å². The van der Waals surface area contributed by atoms with E-state index in [1.54, 1.807) is 0 Å². The summed E-state index contributed by atoms with van der Waals surface area (Å²) in [4.78, 5) is 0. The van der Waals surface area contributed by atoms with E-state index >= 15 is 0 Å². The fourth-order valence-electron chi connectivity index (χ4n) is 0. The van der Waals surface area contributed by atoms with Gasteiger partial charge >= 0.3 is 0 Å². The van der Waals surface area contributed by atoms with Crippen LogP contribution in [-0.4, -0.2) is 123 Å². The molecule has 0 saturated heterocycles. The Labute approximate surface area is 124 Å². The molecule has 108 valence electrons. The molecule has 0 bridgehead atoms. The molecule has 0 aromatic carbocycles. The van der Waals surface area contributed by atoms with Crippen LogP contribution >= 0.6 is 0 Å². The number of hydrogen-bond donors (Lipinski definition) is 0. The summed E-state index contributed by atoms with van der Waals surface area (Å²) in [6, 6.07) is 0. The first-order valence-corrected chi connectivity index (χ1v) is 5.37. The summed E-state index contributed by atoms with van der Waals surface area (Å²) in [5, 5.41) is 0. The van der Waals surface area contributed by atoms with E-state index in [2.05, 4.69) is 84.6 Å². The predicted octanol–water partition coefficient (Wildman–Crippen LogP) is -0.175. The quantitative estimate of drug-likeness (QED) is 0.416. The number of quaternary nitrogens is 3. The normalized spacial score (nSPS) is 10.0. The lowest BCUT2D eigenvalue weighted by molar-refractivity contribution is -0.849. The second-order valence-corrected chi connectivity index (χ2v) is 8.05. The minimum atomic E-state index is 0. The Balaban J connectivity index is -0.0000000277. The fraction of sp³-hybridized carbons (Fsp3) is 1.00. The third kappa shape index (κ3) is 653000. The van der Waals surface area contributed by atoms with E-state index < -0.39 is 0 Å². The van der Waals surface area contributed by atoms with E-state index in [0.29, 0.717) is 0 Å². The molecule has 0 heterocycles. The van der Waals surface area contributed by atoms with Gasteiger partial charge in [-0.25, -0.2) is 0 Å². The van der Waals surface area contributed by atoms with Gasteiger partial charge in [-0.05, 0) is 0 Å². The van der Waals surface area contributed by atoms with E-state index in [0.717, 1.165) is 13.4 Å². The highest BCUT2D eigenvalue weighted by Gasteiger charge is 1.89. The molecule has 0 saturated carbocycles. The first kappa shape index (κ1) is 36.1. The van der Waals surface area contributed by atoms with Crippen LogP contribution in [0.25, 0.3) is 0 Å². The van der Waals surface area contributed by atoms with Gasteiger partial charge in [-0.2, -0.15) is 0 Å². The molecular weight excluding hydrogens is 219 g/mol. The number of nitrogens with zero attached hydrogens (tertiary/aromatic N) is 3. The Hall–Kier alpha value is 0.0748. The number of hydrogen-bond acceptors (Lipinski definition) is 0. The largest absolute Gasteiger partial charge is 1.00 e. The van der Waals surface area contributed by atoms with E-state index in [1.807, 2.05) is 0 Å². The zero-order chi connectivity index (χ0) is 13.5. The van der Waals surface area contributed by atoms with Crippen molar-refractivity contribution in [2.45, 2.75) is 0 Å². The van der Waals surface area contributed by atoms with Gasteiger partial charge in [-0.15, -0.1) is 0 Å². The molecule has 6 heteroatoms. The fourth-order valence-corrected chi connectivity index (χ4v) is 0. The summed E-state index contributed by atoms with van der Waals surface area (Å²) in [6.45, 7) is 0. The summed E-state index contributed by atoms with van der Waals surface area (Å²) in [7, 11) is 25.5. The van der Waals surface area contributed by atoms with Crippen LogP contribution in [0, 0.1) is 0 Å². The van der Waals surface area contributed by atoms with Gasteiger partial charge in [0.1, 0.15) is 0 Å². The lowest BCUT2D eigenvalue weighted by Gasteiger charge is -2.14. The summed E-state index contributed by atoms with van der Waals surface area (Å²) in [5.41, 5.74) is 0. The van der Waals surface area contributed by atoms with Crippen molar-refractivity contribution >= 4 is 25.2 Å². The molecule has 0 spiro atoms. The lowest BCUT2D eigenvalue weighted by atomic mass is 10.8. The first-order valence-electron chi connectivity index (χ1n) is 5.37. The monoisotopic (exact) mass is 255 g/mol. The van der Waals surface area contributed by atoms with Crippen molar-refractivity contribution in [1.82, 2.24) is 0 Å². The summed E-state index contributed by atoms with van der Waals surface area (Å²) in [5.74, 6) is 0. The van der Waals surface area contributed by atoms with Crippen molar-refractivity contribution in [2.75, 3.05) is 84.6 Å². The third-order valence-electron chi connectivity index (χ3n) is 0. The van der Waals surface area contributed by atoms with Crippen LogP contribution in [-0.2, 0) is 0 Å². The molecule has 3 nitrogen and oxygen atoms in total. The molecule has 0 aromatic rings. The van der Waals surface area contributed by atoms with Crippen molar-refractivity contribution in [2.24, 2.45) is 0 Å². The molecule has 18 heavy (non-hydrogen) atoms. The van der Waals surface area contributed by atoms with Crippen molar-refractivity contribution in [3.8, 4) is 0 Å². The van der Waals surface area contributed by atoms with E-state index in [1.165, 1.54) is 0 Å². The lowest BCUT2D eigenvalue weighted by Crippen LogP contribution is -2.27. The van der Waals surface area contributed by atoms with Crippen molar-refractivity contribution in [3.05, 3.63) is 0 Å². The molecule has 0 aliphatic rings. The Morgan fingerprint density at radius 1 is 0.278 bits per heavy atom. The maximum Gasteiger partial charge on any atom is 0.0675 e. The minimum Gasteiger partial charge on any atom is -1.00 e. The standard InChI is InChI=1S/3C4H12N.3B/c3*1-5(2,3)4;;;/h3*1-4H3;;;/q3*+1;3*-1. The Morgan fingerprint density at radius 3 is 0.278 bits per heavy atom. The second-order valence-electron chi connectivity index (χ2n) is 8.05. The topological polar surface area (TPSA) is 0 Å². The molecule has 0 aliphatic heterocycles. The second kappa shape index (κ2) is 13.5. The predicted molar refractivity (Wildman–Crippen MR) is 89.1 cm³/mol. The molecule has 0 aliphatic carbocycles. The zero-order valence-electron chi connectivity index (χ0n) is 15.1. The van der Waals surface area contributed by atoms with Crippen LogP contribution in [0.5, 0.6) is 0 Å². The first-order chi connectivity index (χ1) is 6.00. The highest BCUT2D eigenvalue weighted by atomic mass is 15.3. The van der Waals surface area contributed by atoms with Gasteiger partial charge in [0.15, 0.2) is 0 Å². The third-order valence-corrected chi connectivity index (χ3v) is 0. The van der Waals surface area contributed by atoms with Gasteiger partial charge in [0.25, 0.3) is 0 Å². The van der Waals surface area contributed by atoms with Gasteiger partial charge in [0, 0.05) is 0 Å². The van der Waals surface area contributed by atoms with Gasteiger partial charge in [0.2, 0.25) is 0 Å². The maximum absolute atomic E-state index is 2.12. The van der Waals surface area contributed by atoms with Crippen LogP contribution in [0.4, 0.5) is 0 Å². The van der Waals surface area contributed by atoms with E-state index in [-0.39, 0.29) is 25.2 Å². The smallest absolute Gasteiger partial charge is 0.0675 e. The molecule has 0 atom stereocenters. The van der Waals surface area contributed by atoms with Crippen molar-refractivity contribution in [1.29, 1.82) is 0 Å². The molecule has 12 radical (unpaired) electrons. The molecule has 0 amide bonds. The molecule has 0 fully saturated rings. The molecule has 0 aromatic heterocycles. The van der Waals surface area contributed by atoms with Crippen LogP contribution in [0.3, 0.4) is 0 Å². The molecule has 0 unspecified atom stereocenters. The highest BCUT2D eigenvalue weighted by molar-refractivity contribution is 5.76. The zero-order valence-corrected chi connectivity index (χ0v) is 15.1. The van der Waals surface area contributed by atoms with Crippen LogP contribution in [0.15, 0.2) is 0 Å². The Kier molecular flexibility index (Phi) is 27.1. The molecule has 0 N–H and O–H groups in total. The summed E-state index contributed by atoms with van der Waals surface area (Å²) in [6.07, 6.45) is 0. The maximum atomic E-state index is 2.12. The van der Waals surface area contributed by atoms with Gasteiger partial charge in [0.05, 0.1) is 84.6 Å². The molecule has 0 rings (SSSR count). The van der Waals surface area contributed by atoms with E-state index in [4.69, 9.17) is 0 Å². The Bertz CT molecular complexity index is 97.6.